The Morgan fingerprint density at radius 2 is 2.20 bits per heavy atom. The molecule has 0 aliphatic heterocycles. The van der Waals surface area contributed by atoms with Gasteiger partial charge >= 0.3 is 0 Å². The number of nitrogen functional groups attached to an aromatic ring is 1. The molecule has 134 valence electrons. The Morgan fingerprint density at radius 3 is 2.84 bits per heavy atom. The maximum atomic E-state index is 14.2. The van der Waals surface area contributed by atoms with Gasteiger partial charge in [0.15, 0.2) is 5.69 Å². The quantitative estimate of drug-likeness (QED) is 0.669. The first-order valence-electron chi connectivity index (χ1n) is 7.32. The van der Waals surface area contributed by atoms with Crippen molar-refractivity contribution in [3.05, 3.63) is 26.6 Å². The topological polar surface area (TPSA) is 144 Å². The molecule has 1 fully saturated rings. The molecule has 1 unspecified atom stereocenters. The number of nitrogens with one attached hydrogen (secondary N) is 2. The highest BCUT2D eigenvalue weighted by Crippen LogP contribution is 2.45. The highest BCUT2D eigenvalue weighted by Gasteiger charge is 2.45. The number of tetrazole rings is 1. The number of nitrogens with two attached hydrogens (primary N) is 1. The van der Waals surface area contributed by atoms with Crippen LogP contribution >= 0.6 is 11.6 Å². The molecule has 3 rings (SSSR count). The van der Waals surface area contributed by atoms with Crippen molar-refractivity contribution in [3.63, 3.8) is 0 Å². The molecule has 1 atom stereocenters. The van der Waals surface area contributed by atoms with E-state index in [0.29, 0.717) is 17.6 Å². The van der Waals surface area contributed by atoms with Gasteiger partial charge in [-0.1, -0.05) is 23.1 Å². The maximum Gasteiger partial charge on any atom is 0.280 e. The minimum atomic E-state index is -3.09. The second-order valence-electron chi connectivity index (χ2n) is 5.59. The molecule has 25 heavy (non-hydrogen) atoms. The molecule has 1 aliphatic carbocycles. The van der Waals surface area contributed by atoms with Gasteiger partial charge in [-0.3, -0.25) is 14.9 Å². The third kappa shape index (κ3) is 3.16. The van der Waals surface area contributed by atoms with Crippen LogP contribution in [0.3, 0.4) is 0 Å². The number of H-pyrrole nitrogens is 1. The second-order valence-corrected chi connectivity index (χ2v) is 5.97. The van der Waals surface area contributed by atoms with Crippen molar-refractivity contribution in [2.24, 2.45) is 0 Å². The number of alkyl halides is 2. The number of carbonyl (C=O) groups excluding carboxylic acids is 1. The summed E-state index contributed by atoms with van der Waals surface area (Å²) in [6.45, 7) is 0. The van der Waals surface area contributed by atoms with E-state index in [-0.39, 0.29) is 24.4 Å². The Hall–Kier alpha value is -2.63. The third-order valence-corrected chi connectivity index (χ3v) is 4.39. The fourth-order valence-corrected chi connectivity index (χ4v) is 3.14. The fourth-order valence-electron chi connectivity index (χ4n) is 2.79. The number of hydrogen-bond donors (Lipinski definition) is 3. The van der Waals surface area contributed by atoms with E-state index in [1.165, 1.54) is 0 Å². The number of nitrogens with zero attached hydrogens (tertiary/aromatic N) is 5. The van der Waals surface area contributed by atoms with Gasteiger partial charge in [0.05, 0.1) is 10.9 Å². The van der Waals surface area contributed by atoms with Gasteiger partial charge in [0.2, 0.25) is 0 Å². The van der Waals surface area contributed by atoms with Crippen molar-refractivity contribution in [1.82, 2.24) is 30.5 Å². The molecule has 1 amide bonds. The van der Waals surface area contributed by atoms with Gasteiger partial charge < -0.3 is 5.84 Å². The molecule has 0 bridgehead atoms. The summed E-state index contributed by atoms with van der Waals surface area (Å²) in [4.78, 5) is 25.0. The first-order valence-corrected chi connectivity index (χ1v) is 7.69. The van der Waals surface area contributed by atoms with Gasteiger partial charge in [0, 0.05) is 12.0 Å². The van der Waals surface area contributed by atoms with E-state index in [1.807, 2.05) is 5.10 Å². The van der Waals surface area contributed by atoms with E-state index in [1.54, 1.807) is 0 Å². The normalized spacial score (nSPS) is 19.6. The van der Waals surface area contributed by atoms with Gasteiger partial charge in [-0.05, 0) is 23.3 Å². The molecule has 1 saturated carbocycles. The van der Waals surface area contributed by atoms with Crippen molar-refractivity contribution in [2.45, 2.75) is 37.5 Å². The standard InChI is InChI=1S/C12H13ClF2N8O2/c13-7-6(5-3-1-2-4-12(5,14)15)9(24)19-18-8(7)10(25)17-11-20-21-22-23(11)16/h5H,1-4,16H2,(H,19,24)(H,17,20,22,25). The van der Waals surface area contributed by atoms with Crippen LogP contribution in [0, 0.1) is 0 Å². The highest BCUT2D eigenvalue weighted by atomic mass is 35.5. The SMILES string of the molecule is Nn1nnnc1NC(=O)c1n[nH]c(=O)c(C2CCCCC2(F)F)c1Cl. The smallest absolute Gasteiger partial charge is 0.280 e. The van der Waals surface area contributed by atoms with Crippen molar-refractivity contribution < 1.29 is 13.6 Å². The van der Waals surface area contributed by atoms with Gasteiger partial charge in [-0.25, -0.2) is 13.9 Å². The molecule has 1 aliphatic rings. The molecule has 2 heterocycles. The van der Waals surface area contributed by atoms with Crippen molar-refractivity contribution in [1.29, 1.82) is 0 Å². The van der Waals surface area contributed by atoms with Gasteiger partial charge in [-0.2, -0.15) is 5.10 Å². The molecule has 13 heteroatoms. The Bertz CT molecular complexity index is 867. The van der Waals surface area contributed by atoms with E-state index in [2.05, 4.69) is 25.9 Å². The van der Waals surface area contributed by atoms with E-state index in [4.69, 9.17) is 17.4 Å². The zero-order valence-electron chi connectivity index (χ0n) is 12.7. The van der Waals surface area contributed by atoms with Crippen molar-refractivity contribution >= 4 is 23.5 Å². The lowest BCUT2D eigenvalue weighted by molar-refractivity contribution is -0.0551. The van der Waals surface area contributed by atoms with Crippen LogP contribution in [0.5, 0.6) is 0 Å². The Labute approximate surface area is 143 Å². The number of aromatic nitrogens is 6. The third-order valence-electron chi connectivity index (χ3n) is 4.00. The van der Waals surface area contributed by atoms with Crippen LogP contribution in [0.15, 0.2) is 4.79 Å². The molecule has 0 aromatic carbocycles. The van der Waals surface area contributed by atoms with Gasteiger partial charge in [0.25, 0.3) is 23.3 Å². The lowest BCUT2D eigenvalue weighted by Gasteiger charge is -2.31. The summed E-state index contributed by atoms with van der Waals surface area (Å²) in [5, 5.41) is 17.4. The van der Waals surface area contributed by atoms with Crippen LogP contribution in [0.1, 0.15) is 47.7 Å². The summed E-state index contributed by atoms with van der Waals surface area (Å²) in [5.74, 6) is -0.217. The Balaban J connectivity index is 1.99. The van der Waals surface area contributed by atoms with Crippen LogP contribution in [0.4, 0.5) is 14.7 Å². The summed E-state index contributed by atoms with van der Waals surface area (Å²) < 4.78 is 28.5. The van der Waals surface area contributed by atoms with Crippen LogP contribution in [0.2, 0.25) is 5.02 Å². The van der Waals surface area contributed by atoms with Crippen molar-refractivity contribution in [2.75, 3.05) is 11.2 Å². The number of halogens is 3. The number of amides is 1. The molecule has 0 saturated heterocycles. The minimum absolute atomic E-state index is 0.0852. The monoisotopic (exact) mass is 374 g/mol. The van der Waals surface area contributed by atoms with E-state index >= 15 is 0 Å². The first-order chi connectivity index (χ1) is 11.8. The summed E-state index contributed by atoms with van der Waals surface area (Å²) in [6, 6.07) is 0. The molecule has 10 nitrogen and oxygen atoms in total. The van der Waals surface area contributed by atoms with Gasteiger partial charge in [-0.15, -0.1) is 4.79 Å². The summed E-state index contributed by atoms with van der Waals surface area (Å²) in [7, 11) is 0. The van der Waals surface area contributed by atoms with E-state index in [9.17, 15) is 18.4 Å². The molecule has 4 N–H and O–H groups in total. The maximum absolute atomic E-state index is 14.2. The molecular formula is C12H13ClF2N8O2. The second kappa shape index (κ2) is 6.35. The summed E-state index contributed by atoms with van der Waals surface area (Å²) in [6.07, 6.45) is 0.625. The van der Waals surface area contributed by atoms with Crippen molar-refractivity contribution in [3.8, 4) is 0 Å². The van der Waals surface area contributed by atoms with Crippen LogP contribution in [0.25, 0.3) is 0 Å². The minimum Gasteiger partial charge on any atom is -0.318 e. The Morgan fingerprint density at radius 1 is 1.44 bits per heavy atom. The molecule has 2 aromatic rings. The zero-order valence-corrected chi connectivity index (χ0v) is 13.4. The first kappa shape index (κ1) is 17.2. The predicted molar refractivity (Wildman–Crippen MR) is 81.9 cm³/mol. The molecule has 2 aromatic heterocycles. The fraction of sp³-hybridized carbons (Fsp3) is 0.500. The van der Waals surface area contributed by atoms with E-state index in [0.717, 1.165) is 0 Å². The molecular weight excluding hydrogens is 362 g/mol. The summed E-state index contributed by atoms with van der Waals surface area (Å²) in [5.41, 5.74) is -1.63. The number of hydrogen-bond acceptors (Lipinski definition) is 7. The van der Waals surface area contributed by atoms with Crippen LogP contribution < -0.4 is 16.7 Å². The number of rotatable bonds is 3. The number of aromatic amines is 1. The van der Waals surface area contributed by atoms with Crippen LogP contribution in [-0.4, -0.2) is 42.3 Å². The molecule has 0 spiro atoms. The lowest BCUT2D eigenvalue weighted by Crippen LogP contribution is -2.35. The van der Waals surface area contributed by atoms with Gasteiger partial charge in [0.1, 0.15) is 0 Å². The number of anilines is 1. The van der Waals surface area contributed by atoms with E-state index < -0.39 is 34.0 Å². The lowest BCUT2D eigenvalue weighted by atomic mass is 9.81. The largest absolute Gasteiger partial charge is 0.318 e. The highest BCUT2D eigenvalue weighted by molar-refractivity contribution is 6.34. The van der Waals surface area contributed by atoms with Crippen LogP contribution in [-0.2, 0) is 0 Å². The average Bonchev–Trinajstić information content (AvgIpc) is 2.93. The zero-order chi connectivity index (χ0) is 18.2. The predicted octanol–water partition coefficient (Wildman–Crippen LogP) is 0.669. The average molecular weight is 375 g/mol. The molecule has 0 radical (unpaired) electrons. The number of carbonyl (C=O) groups is 1. The Kier molecular flexibility index (Phi) is 4.37. The summed E-state index contributed by atoms with van der Waals surface area (Å²) >= 11 is 6.08.